The molecular weight excluding hydrogens is 410 g/mol. The third kappa shape index (κ3) is 5.07. The molecule has 1 aliphatic heterocycles. The van der Waals surface area contributed by atoms with E-state index >= 15 is 0 Å². The first kappa shape index (κ1) is 21.6. The summed E-state index contributed by atoms with van der Waals surface area (Å²) >= 11 is 5.91. The molecule has 1 fully saturated rings. The van der Waals surface area contributed by atoms with Crippen molar-refractivity contribution in [1.82, 2.24) is 4.98 Å². The number of nitrogens with zero attached hydrogens (tertiary/aromatic N) is 2. The molecule has 9 heteroatoms. The number of halogens is 1. The van der Waals surface area contributed by atoms with Crippen LogP contribution in [0.1, 0.15) is 40.5 Å². The number of pyridine rings is 1. The van der Waals surface area contributed by atoms with Gasteiger partial charge in [0.15, 0.2) is 0 Å². The normalized spacial score (nSPS) is 16.1. The van der Waals surface area contributed by atoms with Crippen LogP contribution in [0.3, 0.4) is 0 Å². The molecule has 0 radical (unpaired) electrons. The van der Waals surface area contributed by atoms with Crippen molar-refractivity contribution in [3.05, 3.63) is 52.7 Å². The van der Waals surface area contributed by atoms with E-state index in [4.69, 9.17) is 16.3 Å². The lowest BCUT2D eigenvalue weighted by Crippen LogP contribution is -2.40. The maximum absolute atomic E-state index is 12.4. The number of amides is 1. The second-order valence-electron chi connectivity index (χ2n) is 6.90. The van der Waals surface area contributed by atoms with Gasteiger partial charge in [-0.1, -0.05) is 17.7 Å². The van der Waals surface area contributed by atoms with Crippen molar-refractivity contribution in [2.45, 2.75) is 19.8 Å². The molecule has 0 unspecified atom stereocenters. The van der Waals surface area contributed by atoms with Crippen LogP contribution in [0.2, 0.25) is 5.02 Å². The quantitative estimate of drug-likeness (QED) is 0.674. The Hall–Kier alpha value is -3.13. The first-order valence-corrected chi connectivity index (χ1v) is 9.98. The van der Waals surface area contributed by atoms with Crippen molar-refractivity contribution >= 4 is 41.0 Å². The predicted molar refractivity (Wildman–Crippen MR) is 112 cm³/mol. The zero-order valence-electron chi connectivity index (χ0n) is 16.4. The summed E-state index contributed by atoms with van der Waals surface area (Å²) in [6.45, 7) is 2.96. The summed E-state index contributed by atoms with van der Waals surface area (Å²) < 4.78 is 5.10. The van der Waals surface area contributed by atoms with Gasteiger partial charge in [-0.05, 0) is 44.0 Å². The number of nitrogens with one attached hydrogen (secondary N) is 1. The lowest BCUT2D eigenvalue weighted by Gasteiger charge is -2.33. The number of hydrogen-bond donors (Lipinski definition) is 2. The monoisotopic (exact) mass is 431 g/mol. The fraction of sp³-hybridized carbons (Fsp3) is 0.333. The Bertz CT molecular complexity index is 965. The Kier molecular flexibility index (Phi) is 6.89. The Balaban J connectivity index is 1.81. The molecule has 8 nitrogen and oxygen atoms in total. The number of carboxylic acids is 1. The van der Waals surface area contributed by atoms with E-state index in [1.54, 1.807) is 30.0 Å². The molecule has 1 amide bonds. The zero-order valence-corrected chi connectivity index (χ0v) is 17.2. The van der Waals surface area contributed by atoms with Gasteiger partial charge in [0.2, 0.25) is 0 Å². The van der Waals surface area contributed by atoms with Gasteiger partial charge in [-0.15, -0.1) is 0 Å². The first-order chi connectivity index (χ1) is 14.4. The predicted octanol–water partition coefficient (Wildman–Crippen LogP) is 3.47. The fourth-order valence-corrected chi connectivity index (χ4v) is 3.58. The van der Waals surface area contributed by atoms with Gasteiger partial charge < -0.3 is 20.1 Å². The summed E-state index contributed by atoms with van der Waals surface area (Å²) in [5, 5.41) is 12.7. The lowest BCUT2D eigenvalue weighted by atomic mass is 9.98. The van der Waals surface area contributed by atoms with E-state index in [-0.39, 0.29) is 29.0 Å². The molecule has 1 saturated heterocycles. The molecule has 1 aromatic carbocycles. The van der Waals surface area contributed by atoms with E-state index in [9.17, 15) is 19.5 Å². The third-order valence-corrected chi connectivity index (χ3v) is 5.02. The molecule has 2 N–H and O–H groups in total. The van der Waals surface area contributed by atoms with Crippen molar-refractivity contribution in [1.29, 1.82) is 0 Å². The van der Waals surface area contributed by atoms with Crippen LogP contribution < -0.4 is 10.2 Å². The standard InChI is InChI=1S/C21H22ClN3O5/c1-2-30-21(29)14-6-4-8-25(12-14)18-17(20(27)28)10-16(11-23-18)24-19(26)13-5-3-7-15(22)9-13/h3,5,7,9-11,14H,2,4,6,8,12H2,1H3,(H,24,26)(H,27,28)/t14-/m0/s1. The van der Waals surface area contributed by atoms with Crippen molar-refractivity contribution in [2.75, 3.05) is 29.9 Å². The van der Waals surface area contributed by atoms with Crippen molar-refractivity contribution < 1.29 is 24.2 Å². The average molecular weight is 432 g/mol. The summed E-state index contributed by atoms with van der Waals surface area (Å²) in [4.78, 5) is 42.4. The molecule has 1 aliphatic rings. The Morgan fingerprint density at radius 1 is 1.33 bits per heavy atom. The molecule has 1 aromatic heterocycles. The van der Waals surface area contributed by atoms with E-state index in [1.165, 1.54) is 18.3 Å². The van der Waals surface area contributed by atoms with Gasteiger partial charge in [0.05, 0.1) is 24.4 Å². The number of carbonyl (C=O) groups excluding carboxylic acids is 2. The molecule has 3 rings (SSSR count). The van der Waals surface area contributed by atoms with Crippen LogP contribution in [0.15, 0.2) is 36.5 Å². The number of hydrogen-bond acceptors (Lipinski definition) is 6. The summed E-state index contributed by atoms with van der Waals surface area (Å²) in [7, 11) is 0. The van der Waals surface area contributed by atoms with E-state index in [0.717, 1.165) is 6.42 Å². The number of esters is 1. The number of carboxylic acid groups (broad SMARTS) is 1. The minimum absolute atomic E-state index is 0.0524. The highest BCUT2D eigenvalue weighted by atomic mass is 35.5. The van der Waals surface area contributed by atoms with E-state index in [0.29, 0.717) is 36.7 Å². The van der Waals surface area contributed by atoms with Crippen LogP contribution in [0.4, 0.5) is 11.5 Å². The maximum Gasteiger partial charge on any atom is 0.339 e. The Morgan fingerprint density at radius 2 is 2.13 bits per heavy atom. The first-order valence-electron chi connectivity index (χ1n) is 9.61. The van der Waals surface area contributed by atoms with Crippen molar-refractivity contribution in [3.63, 3.8) is 0 Å². The molecule has 1 atom stereocenters. The molecule has 0 bridgehead atoms. The van der Waals surface area contributed by atoms with E-state index < -0.39 is 11.9 Å². The SMILES string of the molecule is CCOC(=O)[C@H]1CCCN(c2ncc(NC(=O)c3cccc(Cl)c3)cc2C(=O)O)C1. The molecular formula is C21H22ClN3O5. The average Bonchev–Trinajstić information content (AvgIpc) is 2.74. The minimum atomic E-state index is -1.17. The Morgan fingerprint density at radius 3 is 2.83 bits per heavy atom. The van der Waals surface area contributed by atoms with Gasteiger partial charge >= 0.3 is 11.9 Å². The highest BCUT2D eigenvalue weighted by Gasteiger charge is 2.29. The number of rotatable bonds is 6. The number of benzene rings is 1. The number of carbonyl (C=O) groups is 3. The fourth-order valence-electron chi connectivity index (χ4n) is 3.39. The van der Waals surface area contributed by atoms with Crippen LogP contribution in [0.5, 0.6) is 0 Å². The highest BCUT2D eigenvalue weighted by Crippen LogP contribution is 2.27. The zero-order chi connectivity index (χ0) is 21.7. The lowest BCUT2D eigenvalue weighted by molar-refractivity contribution is -0.148. The van der Waals surface area contributed by atoms with Gasteiger partial charge in [-0.3, -0.25) is 9.59 Å². The number of anilines is 2. The maximum atomic E-state index is 12.4. The summed E-state index contributed by atoms with van der Waals surface area (Å²) in [6, 6.07) is 7.78. The molecule has 0 spiro atoms. The van der Waals surface area contributed by atoms with Gasteiger partial charge in [-0.25, -0.2) is 9.78 Å². The van der Waals surface area contributed by atoms with Crippen molar-refractivity contribution in [2.24, 2.45) is 5.92 Å². The molecule has 0 aliphatic carbocycles. The van der Waals surface area contributed by atoms with Gasteiger partial charge in [0.1, 0.15) is 11.4 Å². The molecule has 2 aromatic rings. The van der Waals surface area contributed by atoms with Crippen LogP contribution in [-0.2, 0) is 9.53 Å². The second-order valence-corrected chi connectivity index (χ2v) is 7.34. The minimum Gasteiger partial charge on any atom is -0.478 e. The van der Waals surface area contributed by atoms with E-state index in [2.05, 4.69) is 10.3 Å². The molecule has 158 valence electrons. The van der Waals surface area contributed by atoms with Crippen LogP contribution >= 0.6 is 11.6 Å². The third-order valence-electron chi connectivity index (χ3n) is 4.78. The highest BCUT2D eigenvalue weighted by molar-refractivity contribution is 6.31. The van der Waals surface area contributed by atoms with Gasteiger partial charge in [-0.2, -0.15) is 0 Å². The molecule has 2 heterocycles. The smallest absolute Gasteiger partial charge is 0.339 e. The largest absolute Gasteiger partial charge is 0.478 e. The second kappa shape index (κ2) is 9.58. The number of ether oxygens (including phenoxy) is 1. The summed E-state index contributed by atoms with van der Waals surface area (Å²) in [5.74, 6) is -1.95. The van der Waals surface area contributed by atoms with Crippen molar-refractivity contribution in [3.8, 4) is 0 Å². The van der Waals surface area contributed by atoms with Gasteiger partial charge in [0, 0.05) is 23.7 Å². The van der Waals surface area contributed by atoms with E-state index in [1.807, 2.05) is 0 Å². The topological polar surface area (TPSA) is 109 Å². The summed E-state index contributed by atoms with van der Waals surface area (Å²) in [6.07, 6.45) is 2.81. The number of piperidine rings is 1. The Labute approximate surface area is 178 Å². The van der Waals surface area contributed by atoms with Crippen LogP contribution in [0, 0.1) is 5.92 Å². The van der Waals surface area contributed by atoms with Crippen LogP contribution in [-0.4, -0.2) is 47.6 Å². The molecule has 30 heavy (non-hydrogen) atoms. The number of aromatic nitrogens is 1. The summed E-state index contributed by atoms with van der Waals surface area (Å²) in [5.41, 5.74) is 0.542. The van der Waals surface area contributed by atoms with Gasteiger partial charge in [0.25, 0.3) is 5.91 Å². The van der Waals surface area contributed by atoms with Crippen LogP contribution in [0.25, 0.3) is 0 Å². The number of aromatic carboxylic acids is 1. The molecule has 0 saturated carbocycles.